The van der Waals surface area contributed by atoms with Crippen LogP contribution in [0.2, 0.25) is 0 Å². The zero-order valence-corrected chi connectivity index (χ0v) is 11.2. The minimum atomic E-state index is -1.72. The predicted octanol–water partition coefficient (Wildman–Crippen LogP) is 1.77. The van der Waals surface area contributed by atoms with Crippen molar-refractivity contribution in [1.82, 2.24) is 14.8 Å². The molecule has 0 spiro atoms. The van der Waals surface area contributed by atoms with Gasteiger partial charge in [0.15, 0.2) is 23.3 Å². The SMILES string of the molecule is O=C(Nc1nc2n(n1)CCCC2O)c1ccc(F)c(F)c1F. The molecule has 1 unspecified atom stereocenters. The van der Waals surface area contributed by atoms with E-state index in [0.717, 1.165) is 6.07 Å². The first-order chi connectivity index (χ1) is 10.5. The van der Waals surface area contributed by atoms with Crippen LogP contribution >= 0.6 is 0 Å². The second kappa shape index (κ2) is 5.41. The molecule has 0 aliphatic carbocycles. The number of aromatic nitrogens is 3. The highest BCUT2D eigenvalue weighted by atomic mass is 19.2. The Morgan fingerprint density at radius 1 is 1.32 bits per heavy atom. The lowest BCUT2D eigenvalue weighted by molar-refractivity contribution is 0.102. The first kappa shape index (κ1) is 14.5. The molecule has 116 valence electrons. The summed E-state index contributed by atoms with van der Waals surface area (Å²) in [5.74, 6) is -5.53. The van der Waals surface area contributed by atoms with E-state index in [9.17, 15) is 23.1 Å². The van der Waals surface area contributed by atoms with Gasteiger partial charge in [0.2, 0.25) is 5.95 Å². The molecule has 1 amide bonds. The van der Waals surface area contributed by atoms with Crippen LogP contribution in [-0.4, -0.2) is 25.8 Å². The number of rotatable bonds is 2. The van der Waals surface area contributed by atoms with Crippen LogP contribution in [0.5, 0.6) is 0 Å². The number of amides is 1. The van der Waals surface area contributed by atoms with Crippen molar-refractivity contribution < 1.29 is 23.1 Å². The summed E-state index contributed by atoms with van der Waals surface area (Å²) in [6.07, 6.45) is 0.457. The van der Waals surface area contributed by atoms with Crippen LogP contribution in [0.4, 0.5) is 19.1 Å². The number of hydrogen-bond donors (Lipinski definition) is 2. The molecule has 2 heterocycles. The highest BCUT2D eigenvalue weighted by Crippen LogP contribution is 2.24. The van der Waals surface area contributed by atoms with Gasteiger partial charge in [0, 0.05) is 6.54 Å². The smallest absolute Gasteiger partial charge is 0.261 e. The maximum Gasteiger partial charge on any atom is 0.261 e. The van der Waals surface area contributed by atoms with Crippen LogP contribution in [0, 0.1) is 17.5 Å². The molecule has 2 aromatic rings. The summed E-state index contributed by atoms with van der Waals surface area (Å²) in [6.45, 7) is 0.537. The zero-order chi connectivity index (χ0) is 15.9. The summed E-state index contributed by atoms with van der Waals surface area (Å²) in [6, 6.07) is 1.48. The van der Waals surface area contributed by atoms with Crippen molar-refractivity contribution in [2.24, 2.45) is 0 Å². The van der Waals surface area contributed by atoms with E-state index >= 15 is 0 Å². The number of nitrogens with one attached hydrogen (secondary N) is 1. The van der Waals surface area contributed by atoms with E-state index in [4.69, 9.17) is 0 Å². The van der Waals surface area contributed by atoms with Crippen LogP contribution in [0.15, 0.2) is 12.1 Å². The summed E-state index contributed by atoms with van der Waals surface area (Å²) in [5, 5.41) is 15.9. The van der Waals surface area contributed by atoms with E-state index < -0.39 is 35.0 Å². The summed E-state index contributed by atoms with van der Waals surface area (Å²) in [7, 11) is 0. The number of aliphatic hydroxyl groups excluding tert-OH is 1. The van der Waals surface area contributed by atoms with Crippen molar-refractivity contribution in [2.45, 2.75) is 25.5 Å². The summed E-state index contributed by atoms with van der Waals surface area (Å²) in [5.41, 5.74) is -0.660. The van der Waals surface area contributed by atoms with E-state index in [1.54, 1.807) is 0 Å². The maximum absolute atomic E-state index is 13.5. The molecular formula is C13H11F3N4O2. The number of benzene rings is 1. The molecule has 1 aliphatic rings. The maximum atomic E-state index is 13.5. The van der Waals surface area contributed by atoms with Crippen molar-refractivity contribution in [3.8, 4) is 0 Å². The molecule has 1 aromatic heterocycles. The molecule has 3 rings (SSSR count). The van der Waals surface area contributed by atoms with Gasteiger partial charge >= 0.3 is 0 Å². The topological polar surface area (TPSA) is 80.0 Å². The normalized spacial score (nSPS) is 17.2. The highest BCUT2D eigenvalue weighted by Gasteiger charge is 2.24. The lowest BCUT2D eigenvalue weighted by Crippen LogP contribution is -2.17. The van der Waals surface area contributed by atoms with E-state index in [0.29, 0.717) is 31.3 Å². The molecule has 0 saturated carbocycles. The molecule has 0 bridgehead atoms. The molecule has 1 atom stereocenters. The number of hydrogen-bond acceptors (Lipinski definition) is 4. The fraction of sp³-hybridized carbons (Fsp3) is 0.308. The van der Waals surface area contributed by atoms with Gasteiger partial charge in [-0.15, -0.1) is 5.10 Å². The number of anilines is 1. The summed E-state index contributed by atoms with van der Waals surface area (Å²) >= 11 is 0. The van der Waals surface area contributed by atoms with Gasteiger partial charge < -0.3 is 5.11 Å². The van der Waals surface area contributed by atoms with Gasteiger partial charge in [-0.1, -0.05) is 0 Å². The standard InChI is InChI=1S/C13H11F3N4O2/c14-7-4-3-6(9(15)10(7)16)12(22)18-13-17-11-8(21)2-1-5-20(11)19-13/h3-4,8,21H,1-2,5H2,(H,18,19,22). The third kappa shape index (κ3) is 2.43. The third-order valence-electron chi connectivity index (χ3n) is 3.35. The van der Waals surface area contributed by atoms with E-state index in [1.165, 1.54) is 4.68 Å². The van der Waals surface area contributed by atoms with Crippen molar-refractivity contribution >= 4 is 11.9 Å². The van der Waals surface area contributed by atoms with Gasteiger partial charge in [0.05, 0.1) is 5.56 Å². The molecule has 0 fully saturated rings. The second-order valence-electron chi connectivity index (χ2n) is 4.85. The molecule has 22 heavy (non-hydrogen) atoms. The van der Waals surface area contributed by atoms with Gasteiger partial charge in [0.1, 0.15) is 6.10 Å². The van der Waals surface area contributed by atoms with Gasteiger partial charge in [-0.2, -0.15) is 4.98 Å². The van der Waals surface area contributed by atoms with Gasteiger partial charge in [0.25, 0.3) is 5.91 Å². The van der Waals surface area contributed by atoms with Crippen LogP contribution in [-0.2, 0) is 6.54 Å². The number of aryl methyl sites for hydroxylation is 1. The molecule has 2 N–H and O–H groups in total. The second-order valence-corrected chi connectivity index (χ2v) is 4.85. The number of carbonyl (C=O) groups excluding carboxylic acids is 1. The summed E-state index contributed by atoms with van der Waals surface area (Å²) < 4.78 is 41.0. The largest absolute Gasteiger partial charge is 0.385 e. The first-order valence-electron chi connectivity index (χ1n) is 6.55. The number of halogens is 3. The van der Waals surface area contributed by atoms with Crippen LogP contribution in [0.1, 0.15) is 35.1 Å². The lowest BCUT2D eigenvalue weighted by atomic mass is 10.1. The number of fused-ring (bicyclic) bond motifs is 1. The van der Waals surface area contributed by atoms with Crippen LogP contribution in [0.3, 0.4) is 0 Å². The zero-order valence-electron chi connectivity index (χ0n) is 11.2. The molecule has 9 heteroatoms. The minimum Gasteiger partial charge on any atom is -0.385 e. The minimum absolute atomic E-state index is 0.134. The quantitative estimate of drug-likeness (QED) is 0.828. The van der Waals surface area contributed by atoms with Crippen molar-refractivity contribution in [2.75, 3.05) is 5.32 Å². The number of nitrogens with zero attached hydrogens (tertiary/aromatic N) is 3. The van der Waals surface area contributed by atoms with Crippen LogP contribution in [0.25, 0.3) is 0 Å². The monoisotopic (exact) mass is 312 g/mol. The van der Waals surface area contributed by atoms with Gasteiger partial charge in [-0.25, -0.2) is 17.9 Å². The Morgan fingerprint density at radius 2 is 2.09 bits per heavy atom. The Hall–Kier alpha value is -2.42. The predicted molar refractivity (Wildman–Crippen MR) is 68.5 cm³/mol. The van der Waals surface area contributed by atoms with E-state index in [1.807, 2.05) is 0 Å². The number of aliphatic hydroxyl groups is 1. The average Bonchev–Trinajstić information content (AvgIpc) is 2.88. The molecule has 1 aliphatic heterocycles. The van der Waals surface area contributed by atoms with E-state index in [-0.39, 0.29) is 5.95 Å². The Labute approximate surface area is 122 Å². The van der Waals surface area contributed by atoms with Gasteiger partial charge in [-0.05, 0) is 25.0 Å². The van der Waals surface area contributed by atoms with Crippen molar-refractivity contribution in [1.29, 1.82) is 0 Å². The third-order valence-corrected chi connectivity index (χ3v) is 3.35. The van der Waals surface area contributed by atoms with E-state index in [2.05, 4.69) is 15.4 Å². The lowest BCUT2D eigenvalue weighted by Gasteiger charge is -2.16. The van der Waals surface area contributed by atoms with Crippen molar-refractivity contribution in [3.63, 3.8) is 0 Å². The number of carbonyl (C=O) groups is 1. The molecule has 0 saturated heterocycles. The Bertz CT molecular complexity index is 747. The first-order valence-corrected chi connectivity index (χ1v) is 6.55. The van der Waals surface area contributed by atoms with Crippen LogP contribution < -0.4 is 5.32 Å². The fourth-order valence-corrected chi connectivity index (χ4v) is 2.25. The molecule has 0 radical (unpaired) electrons. The van der Waals surface area contributed by atoms with Crippen molar-refractivity contribution in [3.05, 3.63) is 41.0 Å². The average molecular weight is 312 g/mol. The van der Waals surface area contributed by atoms with Gasteiger partial charge in [-0.3, -0.25) is 10.1 Å². The Morgan fingerprint density at radius 3 is 2.82 bits per heavy atom. The fourth-order valence-electron chi connectivity index (χ4n) is 2.25. The Kier molecular flexibility index (Phi) is 3.57. The summed E-state index contributed by atoms with van der Waals surface area (Å²) in [4.78, 5) is 15.8. The molecule has 6 nitrogen and oxygen atoms in total. The molecule has 1 aromatic carbocycles. The molecular weight excluding hydrogens is 301 g/mol. The highest BCUT2D eigenvalue weighted by molar-refractivity contribution is 6.03. The Balaban J connectivity index is 1.85.